The lowest BCUT2D eigenvalue weighted by molar-refractivity contribution is -0.141. The number of carboxylic acids is 1. The van der Waals surface area contributed by atoms with Crippen LogP contribution in [0.25, 0.3) is 11.0 Å². The molecule has 3 rings (SSSR count). The zero-order valence-corrected chi connectivity index (χ0v) is 16.6. The number of phenolic OH excluding ortho intramolecular Hbond substituents is 2. The van der Waals surface area contributed by atoms with Gasteiger partial charge in [-0.1, -0.05) is 23.7 Å². The highest BCUT2D eigenvalue weighted by molar-refractivity contribution is 6.32. The van der Waals surface area contributed by atoms with Crippen molar-refractivity contribution in [3.8, 4) is 11.5 Å². The van der Waals surface area contributed by atoms with Crippen LogP contribution < -0.4 is 10.9 Å². The molecule has 1 amide bonds. The third-order valence-corrected chi connectivity index (χ3v) is 5.00. The van der Waals surface area contributed by atoms with Crippen LogP contribution in [0, 0.1) is 6.92 Å². The molecule has 0 saturated carbocycles. The molecule has 2 aromatic carbocycles. The predicted octanol–water partition coefficient (Wildman–Crippen LogP) is 2.52. The quantitative estimate of drug-likeness (QED) is 0.440. The van der Waals surface area contributed by atoms with Crippen molar-refractivity contribution in [3.63, 3.8) is 0 Å². The largest absolute Gasteiger partial charge is 0.508 e. The summed E-state index contributed by atoms with van der Waals surface area (Å²) in [4.78, 5) is 36.4. The number of aromatic hydroxyl groups is 2. The third kappa shape index (κ3) is 4.55. The second-order valence-electron chi connectivity index (χ2n) is 6.80. The van der Waals surface area contributed by atoms with E-state index in [0.29, 0.717) is 16.5 Å². The summed E-state index contributed by atoms with van der Waals surface area (Å²) in [6.45, 7) is 1.61. The van der Waals surface area contributed by atoms with Crippen molar-refractivity contribution in [1.29, 1.82) is 0 Å². The minimum atomic E-state index is -1.24. The number of aryl methyl sites for hydroxylation is 1. The van der Waals surface area contributed by atoms with Gasteiger partial charge in [-0.15, -0.1) is 0 Å². The van der Waals surface area contributed by atoms with E-state index in [0.717, 1.165) is 0 Å². The van der Waals surface area contributed by atoms with Crippen molar-refractivity contribution in [2.75, 3.05) is 0 Å². The van der Waals surface area contributed by atoms with Gasteiger partial charge in [-0.3, -0.25) is 4.79 Å². The van der Waals surface area contributed by atoms with Gasteiger partial charge in [0.05, 0.1) is 17.0 Å². The lowest BCUT2D eigenvalue weighted by Crippen LogP contribution is -2.43. The van der Waals surface area contributed by atoms with Crippen LogP contribution in [-0.4, -0.2) is 33.2 Å². The summed E-state index contributed by atoms with van der Waals surface area (Å²) in [6, 6.07) is 7.37. The van der Waals surface area contributed by atoms with Crippen LogP contribution in [0.15, 0.2) is 45.6 Å². The summed E-state index contributed by atoms with van der Waals surface area (Å²) in [7, 11) is 0. The molecule has 0 aliphatic rings. The lowest BCUT2D eigenvalue weighted by Gasteiger charge is -2.15. The topological polar surface area (TPSA) is 137 Å². The Morgan fingerprint density at radius 1 is 1.17 bits per heavy atom. The van der Waals surface area contributed by atoms with Gasteiger partial charge in [0.15, 0.2) is 0 Å². The smallest absolute Gasteiger partial charge is 0.340 e. The Bertz CT molecular complexity index is 1180. The monoisotopic (exact) mass is 431 g/mol. The molecule has 8 nitrogen and oxygen atoms in total. The van der Waals surface area contributed by atoms with Crippen molar-refractivity contribution < 1.29 is 29.3 Å². The maximum absolute atomic E-state index is 12.5. The number of fused-ring (bicyclic) bond motifs is 1. The van der Waals surface area contributed by atoms with E-state index in [-0.39, 0.29) is 40.5 Å². The van der Waals surface area contributed by atoms with Crippen LogP contribution in [0.3, 0.4) is 0 Å². The Morgan fingerprint density at radius 3 is 2.47 bits per heavy atom. The number of carbonyl (C=O) groups excluding carboxylic acids is 1. The fourth-order valence-electron chi connectivity index (χ4n) is 3.08. The zero-order valence-electron chi connectivity index (χ0n) is 15.8. The van der Waals surface area contributed by atoms with Crippen molar-refractivity contribution in [3.05, 3.63) is 68.5 Å². The second kappa shape index (κ2) is 8.46. The van der Waals surface area contributed by atoms with Crippen LogP contribution in [-0.2, 0) is 22.4 Å². The first-order valence-corrected chi connectivity index (χ1v) is 9.28. The predicted molar refractivity (Wildman–Crippen MR) is 109 cm³/mol. The molecule has 156 valence electrons. The highest BCUT2D eigenvalue weighted by Gasteiger charge is 2.23. The molecule has 1 aromatic heterocycles. The van der Waals surface area contributed by atoms with Gasteiger partial charge in [0.25, 0.3) is 0 Å². The summed E-state index contributed by atoms with van der Waals surface area (Å²) in [5.41, 5.74) is 0.483. The number of aliphatic carboxylic acids is 1. The average Bonchev–Trinajstić information content (AvgIpc) is 2.68. The van der Waals surface area contributed by atoms with Gasteiger partial charge < -0.3 is 25.1 Å². The number of amides is 1. The van der Waals surface area contributed by atoms with E-state index >= 15 is 0 Å². The summed E-state index contributed by atoms with van der Waals surface area (Å²) in [5, 5.41) is 31.3. The lowest BCUT2D eigenvalue weighted by atomic mass is 10.0. The Morgan fingerprint density at radius 2 is 1.83 bits per heavy atom. The van der Waals surface area contributed by atoms with Gasteiger partial charge in [-0.2, -0.15) is 0 Å². The van der Waals surface area contributed by atoms with Crippen LogP contribution in [0.1, 0.15) is 16.7 Å². The van der Waals surface area contributed by atoms with Crippen molar-refractivity contribution in [2.24, 2.45) is 0 Å². The number of hydrogen-bond acceptors (Lipinski definition) is 6. The van der Waals surface area contributed by atoms with Crippen molar-refractivity contribution >= 4 is 34.4 Å². The van der Waals surface area contributed by atoms with E-state index in [1.807, 2.05) is 0 Å². The molecule has 4 N–H and O–H groups in total. The Hall–Kier alpha value is -3.52. The van der Waals surface area contributed by atoms with Crippen LogP contribution in [0.4, 0.5) is 0 Å². The van der Waals surface area contributed by atoms with Crippen LogP contribution in [0.5, 0.6) is 11.5 Å². The molecular formula is C21H18ClNO7. The second-order valence-corrected chi connectivity index (χ2v) is 7.21. The van der Waals surface area contributed by atoms with Crippen molar-refractivity contribution in [2.45, 2.75) is 25.8 Å². The van der Waals surface area contributed by atoms with Gasteiger partial charge in [-0.05, 0) is 36.2 Å². The first kappa shape index (κ1) is 21.2. The van der Waals surface area contributed by atoms with Gasteiger partial charge >= 0.3 is 11.6 Å². The summed E-state index contributed by atoms with van der Waals surface area (Å²) in [6.07, 6.45) is -0.385. The van der Waals surface area contributed by atoms with E-state index in [1.165, 1.54) is 24.3 Å². The summed E-state index contributed by atoms with van der Waals surface area (Å²) < 4.78 is 5.18. The first-order chi connectivity index (χ1) is 14.2. The van der Waals surface area contributed by atoms with E-state index in [1.54, 1.807) is 19.1 Å². The molecule has 0 spiro atoms. The van der Waals surface area contributed by atoms with Gasteiger partial charge in [0.2, 0.25) is 5.91 Å². The molecule has 0 aliphatic heterocycles. The minimum Gasteiger partial charge on any atom is -0.508 e. The van der Waals surface area contributed by atoms with Crippen molar-refractivity contribution in [1.82, 2.24) is 5.32 Å². The average molecular weight is 432 g/mol. The number of hydrogen-bond donors (Lipinski definition) is 4. The maximum Gasteiger partial charge on any atom is 0.340 e. The molecule has 1 heterocycles. The highest BCUT2D eigenvalue weighted by atomic mass is 35.5. The first-order valence-electron chi connectivity index (χ1n) is 8.90. The standard InChI is InChI=1S/C21H18ClNO7/c1-10-13-7-15(22)17(25)9-18(13)30-21(29)14(10)8-19(26)23-16(20(27)28)6-11-2-4-12(24)5-3-11/h2-5,7,9,16,24-25H,6,8H2,1H3,(H,23,26)(H,27,28)/t16-/m1/s1. The van der Waals surface area contributed by atoms with E-state index in [2.05, 4.69) is 5.32 Å². The zero-order chi connectivity index (χ0) is 22.0. The number of rotatable bonds is 6. The normalized spacial score (nSPS) is 11.9. The van der Waals surface area contributed by atoms with Gasteiger partial charge in [-0.25, -0.2) is 9.59 Å². The SMILES string of the molecule is Cc1c(CC(=O)N[C@H](Cc2ccc(O)cc2)C(=O)O)c(=O)oc2cc(O)c(Cl)cc12. The fourth-order valence-corrected chi connectivity index (χ4v) is 3.24. The fraction of sp³-hybridized carbons (Fsp3) is 0.190. The molecule has 0 fully saturated rings. The number of carbonyl (C=O) groups is 2. The minimum absolute atomic E-state index is 0.00154. The molecule has 3 aromatic rings. The molecular weight excluding hydrogens is 414 g/mol. The molecule has 0 radical (unpaired) electrons. The highest BCUT2D eigenvalue weighted by Crippen LogP contribution is 2.30. The number of carboxylic acid groups (broad SMARTS) is 1. The van der Waals surface area contributed by atoms with Crippen LogP contribution >= 0.6 is 11.6 Å². The van der Waals surface area contributed by atoms with Gasteiger partial charge in [0.1, 0.15) is 23.1 Å². The Kier molecular flexibility index (Phi) is 5.98. The molecule has 9 heteroatoms. The third-order valence-electron chi connectivity index (χ3n) is 4.70. The van der Waals surface area contributed by atoms with Crippen LogP contribution in [0.2, 0.25) is 5.02 Å². The Balaban J connectivity index is 1.82. The number of nitrogens with one attached hydrogen (secondary N) is 1. The molecule has 0 aliphatic carbocycles. The summed E-state index contributed by atoms with van der Waals surface area (Å²) >= 11 is 5.92. The molecule has 1 atom stereocenters. The van der Waals surface area contributed by atoms with E-state index in [4.69, 9.17) is 16.0 Å². The number of halogens is 1. The summed E-state index contributed by atoms with van der Waals surface area (Å²) in [5.74, 6) is -2.10. The Labute approximate surface area is 175 Å². The number of phenols is 2. The molecule has 0 saturated heterocycles. The van der Waals surface area contributed by atoms with Gasteiger partial charge in [0, 0.05) is 17.9 Å². The molecule has 0 unspecified atom stereocenters. The maximum atomic E-state index is 12.5. The van der Waals surface area contributed by atoms with E-state index in [9.17, 15) is 29.7 Å². The molecule has 0 bridgehead atoms. The number of benzene rings is 2. The molecule has 30 heavy (non-hydrogen) atoms. The van der Waals surface area contributed by atoms with E-state index < -0.39 is 23.5 Å².